The second-order valence-electron chi connectivity index (χ2n) is 6.40. The lowest BCUT2D eigenvalue weighted by molar-refractivity contribution is -0.149. The summed E-state index contributed by atoms with van der Waals surface area (Å²) >= 11 is 0. The van der Waals surface area contributed by atoms with Crippen LogP contribution < -0.4 is 10.8 Å². The van der Waals surface area contributed by atoms with Gasteiger partial charge in [-0.1, -0.05) is 43.2 Å². The number of carboxylic acids is 1. The summed E-state index contributed by atoms with van der Waals surface area (Å²) in [5, 5.41) is 20.8. The van der Waals surface area contributed by atoms with Crippen LogP contribution in [0.25, 0.3) is 0 Å². The largest absolute Gasteiger partial charge is 0.481 e. The Morgan fingerprint density at radius 1 is 1.08 bits per heavy atom. The minimum absolute atomic E-state index is 0.312. The van der Waals surface area contributed by atoms with Gasteiger partial charge in [0.05, 0.1) is 11.8 Å². The fourth-order valence-corrected chi connectivity index (χ4v) is 3.32. The van der Waals surface area contributed by atoms with E-state index >= 15 is 0 Å². The first-order valence-electron chi connectivity index (χ1n) is 8.54. The van der Waals surface area contributed by atoms with Gasteiger partial charge in [-0.2, -0.15) is 0 Å². The predicted molar refractivity (Wildman–Crippen MR) is 89.7 cm³/mol. The monoisotopic (exact) mass is 348 g/mol. The molecule has 0 aliphatic heterocycles. The van der Waals surface area contributed by atoms with Crippen LogP contribution in [0.4, 0.5) is 0 Å². The van der Waals surface area contributed by atoms with Crippen molar-refractivity contribution in [3.05, 3.63) is 35.9 Å². The van der Waals surface area contributed by atoms with E-state index in [0.29, 0.717) is 25.7 Å². The van der Waals surface area contributed by atoms with E-state index in [1.165, 1.54) is 0 Å². The van der Waals surface area contributed by atoms with Crippen LogP contribution in [-0.4, -0.2) is 34.1 Å². The van der Waals surface area contributed by atoms with Crippen molar-refractivity contribution in [3.63, 3.8) is 0 Å². The summed E-state index contributed by atoms with van der Waals surface area (Å²) < 4.78 is 0. The van der Waals surface area contributed by atoms with Gasteiger partial charge in [-0.25, -0.2) is 5.48 Å². The normalized spacial score (nSPS) is 21.2. The Labute approximate surface area is 146 Å². The average molecular weight is 348 g/mol. The van der Waals surface area contributed by atoms with E-state index in [4.69, 9.17) is 5.21 Å². The van der Waals surface area contributed by atoms with Crippen molar-refractivity contribution in [1.82, 2.24) is 10.8 Å². The number of amides is 2. The molecule has 2 amide bonds. The van der Waals surface area contributed by atoms with Gasteiger partial charge >= 0.3 is 5.97 Å². The summed E-state index contributed by atoms with van der Waals surface area (Å²) in [7, 11) is 0. The summed E-state index contributed by atoms with van der Waals surface area (Å²) in [4.78, 5) is 35.8. The first-order valence-corrected chi connectivity index (χ1v) is 8.54. The second-order valence-corrected chi connectivity index (χ2v) is 6.40. The molecule has 2 rings (SSSR count). The van der Waals surface area contributed by atoms with Gasteiger partial charge in [-0.15, -0.1) is 0 Å². The van der Waals surface area contributed by atoms with Crippen molar-refractivity contribution in [2.75, 3.05) is 0 Å². The van der Waals surface area contributed by atoms with E-state index in [2.05, 4.69) is 5.32 Å². The molecule has 1 aromatic carbocycles. The Morgan fingerprint density at radius 2 is 1.72 bits per heavy atom. The maximum absolute atomic E-state index is 12.5. The third kappa shape index (κ3) is 5.29. The Bertz CT molecular complexity index is 605. The summed E-state index contributed by atoms with van der Waals surface area (Å²) in [6, 6.07) is 8.57. The van der Waals surface area contributed by atoms with Gasteiger partial charge < -0.3 is 10.4 Å². The van der Waals surface area contributed by atoms with E-state index in [-0.39, 0.29) is 0 Å². The fourth-order valence-electron chi connectivity index (χ4n) is 3.32. The number of hydroxylamine groups is 1. The molecule has 7 nitrogen and oxygen atoms in total. The summed E-state index contributed by atoms with van der Waals surface area (Å²) in [5.74, 6) is -3.48. The van der Waals surface area contributed by atoms with Crippen LogP contribution in [0.3, 0.4) is 0 Å². The van der Waals surface area contributed by atoms with Crippen molar-refractivity contribution in [2.24, 2.45) is 11.8 Å². The van der Waals surface area contributed by atoms with Crippen molar-refractivity contribution < 1.29 is 24.7 Å². The molecule has 1 aliphatic carbocycles. The Hall–Kier alpha value is -2.41. The molecular weight excluding hydrogens is 324 g/mol. The van der Waals surface area contributed by atoms with E-state index in [1.807, 2.05) is 30.3 Å². The van der Waals surface area contributed by atoms with Crippen LogP contribution in [0.5, 0.6) is 0 Å². The molecule has 0 spiro atoms. The van der Waals surface area contributed by atoms with Gasteiger partial charge in [-0.05, 0) is 31.2 Å². The lowest BCUT2D eigenvalue weighted by atomic mass is 9.78. The Morgan fingerprint density at radius 3 is 2.32 bits per heavy atom. The number of aryl methyl sites for hydroxylation is 1. The molecule has 0 saturated heterocycles. The number of hydrogen-bond acceptors (Lipinski definition) is 4. The van der Waals surface area contributed by atoms with Crippen molar-refractivity contribution in [1.29, 1.82) is 0 Å². The summed E-state index contributed by atoms with van der Waals surface area (Å²) in [6.07, 6.45) is 3.40. The molecule has 1 unspecified atom stereocenters. The quantitative estimate of drug-likeness (QED) is 0.440. The molecule has 0 bridgehead atoms. The lowest BCUT2D eigenvalue weighted by Crippen LogP contribution is -2.50. The molecule has 1 fully saturated rings. The molecule has 4 N–H and O–H groups in total. The molecule has 0 heterocycles. The van der Waals surface area contributed by atoms with E-state index < -0.39 is 35.7 Å². The number of aliphatic carboxylic acids is 1. The zero-order valence-electron chi connectivity index (χ0n) is 14.0. The molecule has 0 aromatic heterocycles. The van der Waals surface area contributed by atoms with Crippen molar-refractivity contribution >= 4 is 17.8 Å². The third-order valence-corrected chi connectivity index (χ3v) is 4.73. The number of carbonyl (C=O) groups excluding carboxylic acids is 2. The second kappa shape index (κ2) is 9.17. The highest BCUT2D eigenvalue weighted by Crippen LogP contribution is 2.30. The molecular formula is C18H24N2O5. The zero-order chi connectivity index (χ0) is 18.2. The number of benzene rings is 1. The standard InChI is InChI=1S/C18H24N2O5/c21-16(13-8-4-5-9-14(13)18(23)24)19-15(17(22)20-25)11-10-12-6-2-1-3-7-12/h1-3,6-7,13-15,25H,4-5,8-11H2,(H,19,21)(H,20,22)(H,23,24)/t13-,14+,15?/m1/s1. The highest BCUT2D eigenvalue weighted by atomic mass is 16.5. The first-order chi connectivity index (χ1) is 12.0. The minimum Gasteiger partial charge on any atom is -0.481 e. The summed E-state index contributed by atoms with van der Waals surface area (Å²) in [6.45, 7) is 0. The maximum atomic E-state index is 12.5. The highest BCUT2D eigenvalue weighted by molar-refractivity contribution is 5.90. The average Bonchev–Trinajstić information content (AvgIpc) is 2.65. The van der Waals surface area contributed by atoms with Crippen molar-refractivity contribution in [3.8, 4) is 0 Å². The van der Waals surface area contributed by atoms with Crippen LogP contribution in [0, 0.1) is 11.8 Å². The van der Waals surface area contributed by atoms with Crippen LogP contribution >= 0.6 is 0 Å². The van der Waals surface area contributed by atoms with Crippen LogP contribution in [0.15, 0.2) is 30.3 Å². The Balaban J connectivity index is 2.01. The summed E-state index contributed by atoms with van der Waals surface area (Å²) in [5.41, 5.74) is 2.58. The number of nitrogens with one attached hydrogen (secondary N) is 2. The smallest absolute Gasteiger partial charge is 0.307 e. The van der Waals surface area contributed by atoms with Gasteiger partial charge in [0.2, 0.25) is 5.91 Å². The molecule has 1 aliphatic rings. The number of hydrogen-bond donors (Lipinski definition) is 4. The van der Waals surface area contributed by atoms with E-state index in [0.717, 1.165) is 18.4 Å². The van der Waals surface area contributed by atoms with Crippen LogP contribution in [0.1, 0.15) is 37.7 Å². The molecule has 1 saturated carbocycles. The van der Waals surface area contributed by atoms with Gasteiger partial charge in [0.1, 0.15) is 6.04 Å². The number of rotatable bonds is 7. The molecule has 25 heavy (non-hydrogen) atoms. The molecule has 136 valence electrons. The lowest BCUT2D eigenvalue weighted by Gasteiger charge is -2.29. The van der Waals surface area contributed by atoms with Gasteiger partial charge in [0.25, 0.3) is 5.91 Å². The zero-order valence-corrected chi connectivity index (χ0v) is 14.0. The topological polar surface area (TPSA) is 116 Å². The molecule has 0 radical (unpaired) electrons. The van der Waals surface area contributed by atoms with Crippen molar-refractivity contribution in [2.45, 2.75) is 44.6 Å². The third-order valence-electron chi connectivity index (χ3n) is 4.73. The van der Waals surface area contributed by atoms with Gasteiger partial charge in [0, 0.05) is 0 Å². The van der Waals surface area contributed by atoms with Crippen LogP contribution in [0.2, 0.25) is 0 Å². The van der Waals surface area contributed by atoms with E-state index in [9.17, 15) is 19.5 Å². The van der Waals surface area contributed by atoms with Gasteiger partial charge in [-0.3, -0.25) is 19.6 Å². The van der Waals surface area contributed by atoms with Gasteiger partial charge in [0.15, 0.2) is 0 Å². The SMILES string of the molecule is O=C(NO)C(CCc1ccccc1)NC(=O)[C@@H]1CCCC[C@@H]1C(=O)O. The van der Waals surface area contributed by atoms with E-state index in [1.54, 1.807) is 5.48 Å². The maximum Gasteiger partial charge on any atom is 0.307 e. The minimum atomic E-state index is -0.979. The fraction of sp³-hybridized carbons (Fsp3) is 0.500. The predicted octanol–water partition coefficient (Wildman–Crippen LogP) is 1.50. The first kappa shape index (κ1) is 18.9. The number of carboxylic acid groups (broad SMARTS) is 1. The number of carbonyl (C=O) groups is 3. The molecule has 1 aromatic rings. The molecule has 3 atom stereocenters. The van der Waals surface area contributed by atoms with Crippen LogP contribution in [-0.2, 0) is 20.8 Å². The Kier molecular flexibility index (Phi) is 6.94. The molecule has 7 heteroatoms. The highest BCUT2D eigenvalue weighted by Gasteiger charge is 2.37.